The molecule has 0 spiro atoms. The first kappa shape index (κ1) is 8.74. The summed E-state index contributed by atoms with van der Waals surface area (Å²) in [5.74, 6) is -1.16. The predicted molar refractivity (Wildman–Crippen MR) is 49.5 cm³/mol. The van der Waals surface area contributed by atoms with Gasteiger partial charge in [0.05, 0.1) is 22.3 Å². The second-order valence-electron chi connectivity index (χ2n) is 3.13. The van der Waals surface area contributed by atoms with Gasteiger partial charge in [-0.1, -0.05) is 0 Å². The normalized spacial score (nSPS) is 21.2. The summed E-state index contributed by atoms with van der Waals surface area (Å²) in [7, 11) is 0. The van der Waals surface area contributed by atoms with Crippen LogP contribution >= 0.6 is 15.9 Å². The zero-order valence-corrected chi connectivity index (χ0v) is 8.49. The van der Waals surface area contributed by atoms with E-state index in [0.717, 1.165) is 23.1 Å². The fourth-order valence-corrected chi connectivity index (χ4v) is 2.29. The topological polar surface area (TPSA) is 55.1 Å². The van der Waals surface area contributed by atoms with E-state index < -0.39 is 11.9 Å². The van der Waals surface area contributed by atoms with Crippen LogP contribution < -0.4 is 0 Å². The van der Waals surface area contributed by atoms with Crippen molar-refractivity contribution in [2.45, 2.75) is 25.3 Å². The van der Waals surface area contributed by atoms with Crippen molar-refractivity contribution in [3.8, 4) is 0 Å². The average Bonchev–Trinajstić information content (AvgIpc) is 2.48. The van der Waals surface area contributed by atoms with Gasteiger partial charge in [-0.15, -0.1) is 0 Å². The molecule has 1 atom stereocenters. The van der Waals surface area contributed by atoms with Crippen LogP contribution in [0.5, 0.6) is 0 Å². The highest BCUT2D eigenvalue weighted by molar-refractivity contribution is 9.10. The van der Waals surface area contributed by atoms with Gasteiger partial charge in [0.2, 0.25) is 0 Å². The minimum Gasteiger partial charge on any atom is -0.481 e. The fraction of sp³-hybridized carbons (Fsp3) is 0.500. The summed E-state index contributed by atoms with van der Waals surface area (Å²) >= 11 is 3.31. The van der Waals surface area contributed by atoms with Gasteiger partial charge in [-0.05, 0) is 28.8 Å². The molecule has 4 nitrogen and oxygen atoms in total. The van der Waals surface area contributed by atoms with Gasteiger partial charge in [-0.25, -0.2) is 0 Å². The zero-order chi connectivity index (χ0) is 9.42. The zero-order valence-electron chi connectivity index (χ0n) is 6.90. The summed E-state index contributed by atoms with van der Waals surface area (Å²) in [6.45, 7) is 0.824. The highest BCUT2D eigenvalue weighted by Gasteiger charge is 2.29. The van der Waals surface area contributed by atoms with Gasteiger partial charge in [-0.3, -0.25) is 9.48 Å². The Morgan fingerprint density at radius 1 is 1.77 bits per heavy atom. The molecule has 0 radical (unpaired) electrons. The maximum atomic E-state index is 10.9. The van der Waals surface area contributed by atoms with Crippen LogP contribution in [0.3, 0.4) is 0 Å². The van der Waals surface area contributed by atoms with E-state index in [0.29, 0.717) is 6.42 Å². The Morgan fingerprint density at radius 2 is 2.54 bits per heavy atom. The number of carboxylic acids is 1. The number of nitrogens with zero attached hydrogens (tertiary/aromatic N) is 2. The Hall–Kier alpha value is -0.840. The van der Waals surface area contributed by atoms with Crippen LogP contribution in [0.25, 0.3) is 0 Å². The van der Waals surface area contributed by atoms with Crippen LogP contribution in [-0.4, -0.2) is 20.9 Å². The van der Waals surface area contributed by atoms with E-state index in [9.17, 15) is 4.79 Å². The van der Waals surface area contributed by atoms with Gasteiger partial charge in [0.15, 0.2) is 0 Å². The van der Waals surface area contributed by atoms with E-state index in [1.54, 1.807) is 10.9 Å². The molecule has 0 saturated heterocycles. The minimum absolute atomic E-state index is 0.398. The Kier molecular flexibility index (Phi) is 2.11. The van der Waals surface area contributed by atoms with Crippen molar-refractivity contribution in [3.63, 3.8) is 0 Å². The van der Waals surface area contributed by atoms with Crippen molar-refractivity contribution in [1.82, 2.24) is 9.78 Å². The molecule has 0 fully saturated rings. The van der Waals surface area contributed by atoms with E-state index in [4.69, 9.17) is 5.11 Å². The van der Waals surface area contributed by atoms with E-state index in [1.807, 2.05) is 0 Å². The minimum atomic E-state index is -0.762. The molecule has 5 heteroatoms. The Morgan fingerprint density at radius 3 is 3.23 bits per heavy atom. The quantitative estimate of drug-likeness (QED) is 0.817. The van der Waals surface area contributed by atoms with Gasteiger partial charge in [0, 0.05) is 6.54 Å². The summed E-state index contributed by atoms with van der Waals surface area (Å²) in [5, 5.41) is 13.1. The van der Waals surface area contributed by atoms with Crippen molar-refractivity contribution in [2.24, 2.45) is 0 Å². The molecule has 0 aromatic carbocycles. The first-order chi connectivity index (χ1) is 6.20. The maximum absolute atomic E-state index is 10.9. The molecule has 1 N–H and O–H groups in total. The molecule has 0 bridgehead atoms. The monoisotopic (exact) mass is 244 g/mol. The van der Waals surface area contributed by atoms with E-state index in [1.165, 1.54) is 0 Å². The molecule has 0 amide bonds. The molecular formula is C8H9BrN2O2. The number of aliphatic carboxylic acids is 1. The molecule has 1 aliphatic heterocycles. The largest absolute Gasteiger partial charge is 0.481 e. The smallest absolute Gasteiger partial charge is 0.312 e. The van der Waals surface area contributed by atoms with Crippen molar-refractivity contribution < 1.29 is 9.90 Å². The molecule has 13 heavy (non-hydrogen) atoms. The third-order valence-corrected chi connectivity index (χ3v) is 2.94. The highest BCUT2D eigenvalue weighted by Crippen LogP contribution is 2.32. The van der Waals surface area contributed by atoms with Crippen molar-refractivity contribution >= 4 is 21.9 Å². The number of aryl methyl sites for hydroxylation is 1. The first-order valence-corrected chi connectivity index (χ1v) is 4.93. The third kappa shape index (κ3) is 1.37. The van der Waals surface area contributed by atoms with E-state index >= 15 is 0 Å². The molecule has 0 saturated carbocycles. The van der Waals surface area contributed by atoms with Gasteiger partial charge >= 0.3 is 5.97 Å². The molecule has 0 aliphatic carbocycles. The Balaban J connectivity index is 2.46. The number of rotatable bonds is 1. The summed E-state index contributed by atoms with van der Waals surface area (Å²) in [5.41, 5.74) is 0.804. The second-order valence-corrected chi connectivity index (χ2v) is 3.99. The first-order valence-electron chi connectivity index (χ1n) is 4.14. The SMILES string of the molecule is O=C(O)C1CCCn2ncc(Br)c21. The second kappa shape index (κ2) is 3.14. The molecule has 2 heterocycles. The number of carboxylic acid groups (broad SMARTS) is 1. The van der Waals surface area contributed by atoms with Crippen molar-refractivity contribution in [1.29, 1.82) is 0 Å². The molecule has 1 aromatic heterocycles. The van der Waals surface area contributed by atoms with Crippen molar-refractivity contribution in [3.05, 3.63) is 16.4 Å². The van der Waals surface area contributed by atoms with Crippen LogP contribution in [0.2, 0.25) is 0 Å². The van der Waals surface area contributed by atoms with Gasteiger partial charge in [0.1, 0.15) is 0 Å². The number of aromatic nitrogens is 2. The van der Waals surface area contributed by atoms with Gasteiger partial charge in [0.25, 0.3) is 0 Å². The molecular weight excluding hydrogens is 236 g/mol. The van der Waals surface area contributed by atoms with Crippen LogP contribution in [0.15, 0.2) is 10.7 Å². The number of fused-ring (bicyclic) bond motifs is 1. The summed E-state index contributed by atoms with van der Waals surface area (Å²) < 4.78 is 2.58. The summed E-state index contributed by atoms with van der Waals surface area (Å²) in [4.78, 5) is 10.9. The molecule has 1 aliphatic rings. The van der Waals surface area contributed by atoms with Crippen molar-refractivity contribution in [2.75, 3.05) is 0 Å². The van der Waals surface area contributed by atoms with Crippen LogP contribution in [0.4, 0.5) is 0 Å². The lowest BCUT2D eigenvalue weighted by molar-refractivity contribution is -0.139. The van der Waals surface area contributed by atoms with Gasteiger partial charge < -0.3 is 5.11 Å². The van der Waals surface area contributed by atoms with Crippen LogP contribution in [-0.2, 0) is 11.3 Å². The molecule has 2 rings (SSSR count). The lowest BCUT2D eigenvalue weighted by atomic mass is 9.96. The standard InChI is InChI=1S/C8H9BrN2O2/c9-6-4-10-11-3-1-2-5(7(6)11)8(12)13/h4-5H,1-3H2,(H,12,13). The van der Waals surface area contributed by atoms with Gasteiger partial charge in [-0.2, -0.15) is 5.10 Å². The number of halogens is 1. The van der Waals surface area contributed by atoms with Crippen LogP contribution in [0, 0.1) is 0 Å². The number of hydrogen-bond donors (Lipinski definition) is 1. The Labute approximate surface area is 83.7 Å². The Bertz CT molecular complexity index is 348. The molecule has 70 valence electrons. The van der Waals surface area contributed by atoms with Crippen LogP contribution in [0.1, 0.15) is 24.5 Å². The number of carbonyl (C=O) groups is 1. The maximum Gasteiger partial charge on any atom is 0.312 e. The summed E-state index contributed by atoms with van der Waals surface area (Å²) in [6, 6.07) is 0. The lowest BCUT2D eigenvalue weighted by Gasteiger charge is -2.20. The molecule has 1 aromatic rings. The van der Waals surface area contributed by atoms with E-state index in [-0.39, 0.29) is 0 Å². The predicted octanol–water partition coefficient (Wildman–Crippen LogP) is 1.61. The number of hydrogen-bond acceptors (Lipinski definition) is 2. The lowest BCUT2D eigenvalue weighted by Crippen LogP contribution is -2.22. The highest BCUT2D eigenvalue weighted by atomic mass is 79.9. The average molecular weight is 245 g/mol. The summed E-state index contributed by atoms with van der Waals surface area (Å²) in [6.07, 6.45) is 3.26. The van der Waals surface area contributed by atoms with E-state index in [2.05, 4.69) is 21.0 Å². The third-order valence-electron chi connectivity index (χ3n) is 2.32. The molecule has 1 unspecified atom stereocenters. The fourth-order valence-electron chi connectivity index (χ4n) is 1.72.